The molecule has 0 radical (unpaired) electrons. The minimum atomic E-state index is 0. The first-order chi connectivity index (χ1) is 1.00. The summed E-state index contributed by atoms with van der Waals surface area (Å²) in [6, 6.07) is 0. The van der Waals surface area contributed by atoms with Crippen LogP contribution in [0.3, 0.4) is 0 Å². The molecule has 0 aliphatic rings. The van der Waals surface area contributed by atoms with Crippen molar-refractivity contribution in [3.05, 3.63) is 13.2 Å². The third-order valence-corrected chi connectivity index (χ3v) is 0. The summed E-state index contributed by atoms with van der Waals surface area (Å²) in [5, 5.41) is 0. The molecule has 0 amide bonds. The molecule has 0 aromatic carbocycles. The van der Waals surface area contributed by atoms with Gasteiger partial charge in [-0.25, -0.2) is 0 Å². The van der Waals surface area contributed by atoms with E-state index in [-0.39, 0.29) is 35.2 Å². The summed E-state index contributed by atoms with van der Waals surface area (Å²) in [4.78, 5) is 0. The molecule has 4 heavy (non-hydrogen) atoms. The Kier molecular flexibility index (Phi) is 237. The van der Waals surface area contributed by atoms with E-state index in [9.17, 15) is 0 Å². The van der Waals surface area contributed by atoms with E-state index in [2.05, 4.69) is 13.2 Å². The Labute approximate surface area is 48.6 Å². The van der Waals surface area contributed by atoms with Crippen molar-refractivity contribution in [1.82, 2.24) is 0 Å². The summed E-state index contributed by atoms with van der Waals surface area (Å²) in [5.41, 5.74) is 0. The molecule has 0 aromatic heterocycles. The van der Waals surface area contributed by atoms with Crippen LogP contribution in [0.2, 0.25) is 0 Å². The summed E-state index contributed by atoms with van der Waals surface area (Å²) in [6.45, 7) is 6.00. The van der Waals surface area contributed by atoms with Gasteiger partial charge in [-0.05, 0) is 0 Å². The van der Waals surface area contributed by atoms with Crippen molar-refractivity contribution in [1.29, 1.82) is 0 Å². The van der Waals surface area contributed by atoms with Crippen LogP contribution >= 0.6 is 0 Å². The Morgan fingerprint density at radius 2 is 0.750 bits per heavy atom. The van der Waals surface area contributed by atoms with E-state index in [0.717, 1.165) is 0 Å². The molecule has 28 valence electrons. The van der Waals surface area contributed by atoms with Gasteiger partial charge in [-0.1, -0.05) is 0 Å². The normalized spacial score (nSPS) is 1.00. The molecule has 0 fully saturated rings. The van der Waals surface area contributed by atoms with E-state index in [1.165, 1.54) is 0 Å². The molecule has 0 spiro atoms. The van der Waals surface area contributed by atoms with Crippen LogP contribution in [0.4, 0.5) is 0 Å². The molecule has 0 saturated heterocycles. The summed E-state index contributed by atoms with van der Waals surface area (Å²) >= 11 is 0. The van der Waals surface area contributed by atoms with E-state index in [1.54, 1.807) is 0 Å². The van der Waals surface area contributed by atoms with Gasteiger partial charge in [0.1, 0.15) is 0 Å². The molecule has 0 heterocycles. The summed E-state index contributed by atoms with van der Waals surface area (Å²) < 4.78 is 0. The fourth-order valence-corrected chi connectivity index (χ4v) is 0. The molecule has 0 atom stereocenters. The number of hydrogen-bond donors (Lipinski definition) is 0. The quantitative estimate of drug-likeness (QED) is 0.297. The van der Waals surface area contributed by atoms with Gasteiger partial charge in [-0.2, -0.15) is 0 Å². The van der Waals surface area contributed by atoms with Gasteiger partial charge in [0, 0.05) is 0 Å². The molecule has 0 nitrogen and oxygen atoms in total. The molecular formula is C2H12Ge2. The van der Waals surface area contributed by atoms with Gasteiger partial charge < -0.3 is 0 Å². The van der Waals surface area contributed by atoms with E-state index < -0.39 is 0 Å². The Bertz CT molecular complexity index is 4.00. The Balaban J connectivity index is -0.00000000500. The van der Waals surface area contributed by atoms with Crippen LogP contribution in [-0.2, 0) is 0 Å². The van der Waals surface area contributed by atoms with Gasteiger partial charge in [0.2, 0.25) is 0 Å². The van der Waals surface area contributed by atoms with Crippen LogP contribution in [0.5, 0.6) is 0 Å². The Morgan fingerprint density at radius 1 is 0.750 bits per heavy atom. The maximum absolute atomic E-state index is 3.00. The molecule has 0 unspecified atom stereocenters. The maximum atomic E-state index is 3.00. The first kappa shape index (κ1) is 21.2. The van der Waals surface area contributed by atoms with Crippen molar-refractivity contribution in [2.45, 2.75) is 0 Å². The van der Waals surface area contributed by atoms with E-state index >= 15 is 0 Å². The Hall–Kier alpha value is 0.826. The molecular weight excluding hydrogens is 169 g/mol. The molecule has 2 heteroatoms. The van der Waals surface area contributed by atoms with Crippen LogP contribution in [0.15, 0.2) is 13.2 Å². The second kappa shape index (κ2) is 44.8. The van der Waals surface area contributed by atoms with Crippen molar-refractivity contribution >= 4 is 35.2 Å². The summed E-state index contributed by atoms with van der Waals surface area (Å²) in [7, 11) is 0. The van der Waals surface area contributed by atoms with E-state index in [1.807, 2.05) is 0 Å². The van der Waals surface area contributed by atoms with Gasteiger partial charge in [0.15, 0.2) is 0 Å². The Morgan fingerprint density at radius 3 is 0.750 bits per heavy atom. The van der Waals surface area contributed by atoms with Crippen LogP contribution in [-0.4, -0.2) is 35.2 Å². The molecule has 0 aliphatic heterocycles. The van der Waals surface area contributed by atoms with Crippen LogP contribution in [0.1, 0.15) is 0 Å². The van der Waals surface area contributed by atoms with Gasteiger partial charge in [0.05, 0.1) is 0 Å². The van der Waals surface area contributed by atoms with Crippen molar-refractivity contribution in [2.24, 2.45) is 0 Å². The third-order valence-electron chi connectivity index (χ3n) is 0. The van der Waals surface area contributed by atoms with Crippen LogP contribution < -0.4 is 0 Å². The number of hydrogen-bond acceptors (Lipinski definition) is 0. The number of rotatable bonds is 0. The minimum absolute atomic E-state index is 0. The van der Waals surface area contributed by atoms with Crippen LogP contribution in [0.25, 0.3) is 0 Å². The molecule has 0 saturated carbocycles. The predicted octanol–water partition coefficient (Wildman–Crippen LogP) is -2.10. The molecule has 0 rings (SSSR count). The third kappa shape index (κ3) is 13.8. The predicted molar refractivity (Wildman–Crippen MR) is 33.9 cm³/mol. The average molecular weight is 181 g/mol. The fourth-order valence-electron chi connectivity index (χ4n) is 0. The van der Waals surface area contributed by atoms with Gasteiger partial charge in [-0.3, -0.25) is 0 Å². The van der Waals surface area contributed by atoms with E-state index in [0.29, 0.717) is 0 Å². The standard InChI is InChI=1S/C2H4.2GeH4/c1-2;;/h1-2H2;2*1H4. The zero-order valence-corrected chi connectivity index (χ0v) is 1.41. The zero-order valence-electron chi connectivity index (χ0n) is 1.41. The van der Waals surface area contributed by atoms with Gasteiger partial charge >= 0.3 is 35.2 Å². The first-order valence-corrected chi connectivity index (χ1v) is 0.500. The van der Waals surface area contributed by atoms with Gasteiger partial charge in [0.25, 0.3) is 0 Å². The molecule has 0 N–H and O–H groups in total. The van der Waals surface area contributed by atoms with Crippen LogP contribution in [0, 0.1) is 0 Å². The molecule has 0 aromatic rings. The van der Waals surface area contributed by atoms with Crippen molar-refractivity contribution in [3.8, 4) is 0 Å². The second-order valence-corrected chi connectivity index (χ2v) is 0. The van der Waals surface area contributed by atoms with Crippen molar-refractivity contribution < 1.29 is 0 Å². The van der Waals surface area contributed by atoms with E-state index in [4.69, 9.17) is 0 Å². The van der Waals surface area contributed by atoms with Crippen molar-refractivity contribution in [3.63, 3.8) is 0 Å². The summed E-state index contributed by atoms with van der Waals surface area (Å²) in [6.07, 6.45) is 0. The first-order valence-electron chi connectivity index (χ1n) is 0.500. The topological polar surface area (TPSA) is 0 Å². The monoisotopic (exact) mass is 184 g/mol. The SMILES string of the molecule is C=C.[GeH4].[GeH4]. The molecule has 0 aliphatic carbocycles. The fraction of sp³-hybridized carbons (Fsp3) is 0. The second-order valence-electron chi connectivity index (χ2n) is 0. The molecule has 0 bridgehead atoms. The summed E-state index contributed by atoms with van der Waals surface area (Å²) in [5.74, 6) is 0. The van der Waals surface area contributed by atoms with Crippen molar-refractivity contribution in [2.75, 3.05) is 0 Å². The van der Waals surface area contributed by atoms with Gasteiger partial charge in [-0.15, -0.1) is 13.2 Å². The average Bonchev–Trinajstić information content (AvgIpc) is 1.00. The zero-order chi connectivity index (χ0) is 2.00.